The lowest BCUT2D eigenvalue weighted by Gasteiger charge is -2.37. The molecule has 1 aromatic rings. The molecular weight excluding hydrogens is 272 g/mol. The van der Waals surface area contributed by atoms with Crippen molar-refractivity contribution in [1.82, 2.24) is 9.80 Å². The average molecular weight is 292 g/mol. The molecule has 0 N–H and O–H groups in total. The fourth-order valence-electron chi connectivity index (χ4n) is 3.37. The molecule has 0 aromatic carbocycles. The molecule has 4 nitrogen and oxygen atoms in total. The lowest BCUT2D eigenvalue weighted by atomic mass is 9.77. The Morgan fingerprint density at radius 3 is 2.55 bits per heavy atom. The Kier molecular flexibility index (Phi) is 3.54. The van der Waals surface area contributed by atoms with Gasteiger partial charge < -0.3 is 9.80 Å². The predicted molar refractivity (Wildman–Crippen MR) is 78.8 cm³/mol. The summed E-state index contributed by atoms with van der Waals surface area (Å²) in [6, 6.07) is 1.87. The lowest BCUT2D eigenvalue weighted by molar-refractivity contribution is -0.137. The van der Waals surface area contributed by atoms with Gasteiger partial charge >= 0.3 is 0 Å². The molecule has 0 saturated carbocycles. The minimum atomic E-state index is -0.179. The largest absolute Gasteiger partial charge is 0.342 e. The van der Waals surface area contributed by atoms with Crippen molar-refractivity contribution in [1.29, 1.82) is 0 Å². The maximum absolute atomic E-state index is 12.4. The highest BCUT2D eigenvalue weighted by atomic mass is 32.1. The molecule has 0 atom stereocenters. The summed E-state index contributed by atoms with van der Waals surface area (Å²) in [5.41, 5.74) is 0.598. The van der Waals surface area contributed by atoms with E-state index in [9.17, 15) is 9.59 Å². The number of piperidine rings is 1. The van der Waals surface area contributed by atoms with E-state index in [0.717, 1.165) is 37.9 Å². The molecule has 0 aliphatic carbocycles. The van der Waals surface area contributed by atoms with Crippen molar-refractivity contribution in [3.05, 3.63) is 22.4 Å². The van der Waals surface area contributed by atoms with Gasteiger partial charge in [0.25, 0.3) is 5.91 Å². The smallest absolute Gasteiger partial charge is 0.254 e. The van der Waals surface area contributed by atoms with Crippen LogP contribution in [0.25, 0.3) is 0 Å². The molecule has 1 spiro atoms. The summed E-state index contributed by atoms with van der Waals surface area (Å²) in [6.07, 6.45) is 2.59. The van der Waals surface area contributed by atoms with Crippen molar-refractivity contribution in [2.24, 2.45) is 5.41 Å². The number of likely N-dealkylation sites (tertiary alicyclic amines) is 2. The molecule has 2 aliphatic rings. The van der Waals surface area contributed by atoms with Crippen LogP contribution in [0.15, 0.2) is 16.8 Å². The molecule has 3 rings (SSSR count). The molecule has 0 bridgehead atoms. The summed E-state index contributed by atoms with van der Waals surface area (Å²) in [6.45, 7) is 5.13. The van der Waals surface area contributed by atoms with E-state index in [-0.39, 0.29) is 11.3 Å². The topological polar surface area (TPSA) is 40.6 Å². The van der Waals surface area contributed by atoms with Crippen LogP contribution in [0.4, 0.5) is 0 Å². The second-order valence-corrected chi connectivity index (χ2v) is 6.50. The molecule has 0 unspecified atom stereocenters. The SMILES string of the molecule is CCN1CCC2(CCN(C(=O)c3ccsc3)CC2)C1=O. The number of nitrogens with zero attached hydrogens (tertiary/aromatic N) is 2. The first-order valence-corrected chi connectivity index (χ1v) is 8.21. The molecule has 2 saturated heterocycles. The van der Waals surface area contributed by atoms with E-state index in [4.69, 9.17) is 0 Å². The summed E-state index contributed by atoms with van der Waals surface area (Å²) in [7, 11) is 0. The second-order valence-electron chi connectivity index (χ2n) is 5.72. The molecule has 108 valence electrons. The van der Waals surface area contributed by atoms with E-state index in [1.165, 1.54) is 0 Å². The highest BCUT2D eigenvalue weighted by Gasteiger charge is 2.48. The highest BCUT2D eigenvalue weighted by molar-refractivity contribution is 7.08. The Morgan fingerprint density at radius 1 is 1.30 bits per heavy atom. The molecule has 3 heterocycles. The third-order valence-electron chi connectivity index (χ3n) is 4.76. The van der Waals surface area contributed by atoms with Crippen LogP contribution in [0.3, 0.4) is 0 Å². The third kappa shape index (κ3) is 2.14. The van der Waals surface area contributed by atoms with Crippen LogP contribution >= 0.6 is 11.3 Å². The second kappa shape index (κ2) is 5.20. The van der Waals surface area contributed by atoms with Gasteiger partial charge in [-0.15, -0.1) is 0 Å². The van der Waals surface area contributed by atoms with E-state index in [1.54, 1.807) is 11.3 Å². The molecule has 20 heavy (non-hydrogen) atoms. The van der Waals surface area contributed by atoms with Crippen LogP contribution in [0.1, 0.15) is 36.5 Å². The van der Waals surface area contributed by atoms with E-state index >= 15 is 0 Å². The van der Waals surface area contributed by atoms with Gasteiger partial charge in [-0.1, -0.05) is 0 Å². The standard InChI is InChI=1S/C15H20N2O2S/c1-2-16-7-4-15(14(16)19)5-8-17(9-6-15)13(18)12-3-10-20-11-12/h3,10-11H,2,4-9H2,1H3. The first-order chi connectivity index (χ1) is 9.66. The van der Waals surface area contributed by atoms with Crippen LogP contribution < -0.4 is 0 Å². The van der Waals surface area contributed by atoms with Gasteiger partial charge in [-0.2, -0.15) is 11.3 Å². The number of hydrogen-bond acceptors (Lipinski definition) is 3. The van der Waals surface area contributed by atoms with Gasteiger partial charge in [0.15, 0.2) is 0 Å². The number of rotatable bonds is 2. The number of carbonyl (C=O) groups is 2. The molecule has 2 fully saturated rings. The molecule has 2 amide bonds. The molecule has 5 heteroatoms. The van der Waals surface area contributed by atoms with Crippen LogP contribution in [0.2, 0.25) is 0 Å². The minimum Gasteiger partial charge on any atom is -0.342 e. The van der Waals surface area contributed by atoms with Crippen LogP contribution in [-0.4, -0.2) is 47.8 Å². The first-order valence-electron chi connectivity index (χ1n) is 7.27. The van der Waals surface area contributed by atoms with Crippen molar-refractivity contribution in [2.75, 3.05) is 26.2 Å². The fourth-order valence-corrected chi connectivity index (χ4v) is 3.99. The molecule has 1 aromatic heterocycles. The number of hydrogen-bond donors (Lipinski definition) is 0. The van der Waals surface area contributed by atoms with Gasteiger partial charge in [-0.3, -0.25) is 9.59 Å². The zero-order valence-corrected chi connectivity index (χ0v) is 12.6. The third-order valence-corrected chi connectivity index (χ3v) is 5.44. The van der Waals surface area contributed by atoms with Crippen molar-refractivity contribution >= 4 is 23.2 Å². The summed E-state index contributed by atoms with van der Waals surface area (Å²) in [4.78, 5) is 28.6. The number of carbonyl (C=O) groups excluding carboxylic acids is 2. The van der Waals surface area contributed by atoms with Gasteiger partial charge in [0, 0.05) is 31.6 Å². The minimum absolute atomic E-state index is 0.110. The van der Waals surface area contributed by atoms with Crippen molar-refractivity contribution in [3.8, 4) is 0 Å². The Bertz CT molecular complexity index is 504. The Morgan fingerprint density at radius 2 is 2.00 bits per heavy atom. The fraction of sp³-hybridized carbons (Fsp3) is 0.600. The Hall–Kier alpha value is -1.36. The lowest BCUT2D eigenvalue weighted by Crippen LogP contribution is -2.46. The van der Waals surface area contributed by atoms with E-state index in [1.807, 2.05) is 33.6 Å². The van der Waals surface area contributed by atoms with Gasteiger partial charge in [0.2, 0.25) is 5.91 Å². The van der Waals surface area contributed by atoms with Gasteiger partial charge in [-0.25, -0.2) is 0 Å². The predicted octanol–water partition coefficient (Wildman–Crippen LogP) is 2.22. The summed E-state index contributed by atoms with van der Waals surface area (Å²) in [5, 5.41) is 3.82. The summed E-state index contributed by atoms with van der Waals surface area (Å²) >= 11 is 1.55. The van der Waals surface area contributed by atoms with Gasteiger partial charge in [0.1, 0.15) is 0 Å². The average Bonchev–Trinajstić information content (AvgIpc) is 3.10. The van der Waals surface area contributed by atoms with Gasteiger partial charge in [0.05, 0.1) is 11.0 Å². The monoisotopic (exact) mass is 292 g/mol. The summed E-state index contributed by atoms with van der Waals surface area (Å²) in [5.74, 6) is 0.418. The summed E-state index contributed by atoms with van der Waals surface area (Å²) < 4.78 is 0. The zero-order chi connectivity index (χ0) is 14.2. The quantitative estimate of drug-likeness (QED) is 0.838. The number of amides is 2. The Balaban J connectivity index is 1.66. The van der Waals surface area contributed by atoms with Crippen LogP contribution in [0, 0.1) is 5.41 Å². The van der Waals surface area contributed by atoms with Crippen molar-refractivity contribution in [2.45, 2.75) is 26.2 Å². The van der Waals surface area contributed by atoms with Crippen LogP contribution in [-0.2, 0) is 4.79 Å². The molecule has 2 aliphatic heterocycles. The van der Waals surface area contributed by atoms with Crippen LogP contribution in [0.5, 0.6) is 0 Å². The van der Waals surface area contributed by atoms with E-state index < -0.39 is 0 Å². The van der Waals surface area contributed by atoms with E-state index in [0.29, 0.717) is 19.0 Å². The molecule has 0 radical (unpaired) electrons. The maximum Gasteiger partial charge on any atom is 0.254 e. The highest BCUT2D eigenvalue weighted by Crippen LogP contribution is 2.41. The first kappa shape index (κ1) is 13.6. The normalized spacial score (nSPS) is 21.8. The van der Waals surface area contributed by atoms with Crippen molar-refractivity contribution in [3.63, 3.8) is 0 Å². The number of thiophene rings is 1. The van der Waals surface area contributed by atoms with Crippen molar-refractivity contribution < 1.29 is 9.59 Å². The van der Waals surface area contributed by atoms with E-state index in [2.05, 4.69) is 0 Å². The van der Waals surface area contributed by atoms with Gasteiger partial charge in [-0.05, 0) is 37.6 Å². The zero-order valence-electron chi connectivity index (χ0n) is 11.8. The Labute approximate surface area is 123 Å². The maximum atomic E-state index is 12.4. The molecular formula is C15H20N2O2S.